The smallest absolute Gasteiger partial charge is 0.254 e. The summed E-state index contributed by atoms with van der Waals surface area (Å²) in [6, 6.07) is 7.00. The van der Waals surface area contributed by atoms with Crippen molar-refractivity contribution in [2.75, 3.05) is 6.54 Å². The summed E-state index contributed by atoms with van der Waals surface area (Å²) in [5.74, 6) is 0.0403. The summed E-state index contributed by atoms with van der Waals surface area (Å²) >= 11 is 5.82. The number of benzene rings is 1. The van der Waals surface area contributed by atoms with E-state index in [4.69, 9.17) is 11.6 Å². The molecule has 0 saturated carbocycles. The maximum Gasteiger partial charge on any atom is 0.254 e. The van der Waals surface area contributed by atoms with E-state index in [-0.39, 0.29) is 5.91 Å². The van der Waals surface area contributed by atoms with Gasteiger partial charge in [0.25, 0.3) is 5.91 Å². The van der Waals surface area contributed by atoms with E-state index >= 15 is 0 Å². The maximum atomic E-state index is 12.3. The number of nitrogens with zero attached hydrogens (tertiary/aromatic N) is 2. The molecule has 0 spiro atoms. The van der Waals surface area contributed by atoms with Crippen molar-refractivity contribution in [1.82, 2.24) is 15.1 Å². The minimum atomic E-state index is 0.0403. The topological polar surface area (TPSA) is 49.0 Å². The maximum absolute atomic E-state index is 12.3. The van der Waals surface area contributed by atoms with Gasteiger partial charge in [-0.3, -0.25) is 9.89 Å². The number of rotatable bonds is 1. The number of fused-ring (bicyclic) bond motifs is 1. The molecule has 18 heavy (non-hydrogen) atoms. The SMILES string of the molecule is O=C(c1ccc(Cl)cc1)N1CCc2[nH]ncc2C1. The summed E-state index contributed by atoms with van der Waals surface area (Å²) in [6.45, 7) is 1.34. The average Bonchev–Trinajstić information content (AvgIpc) is 2.86. The second-order valence-corrected chi connectivity index (χ2v) is 4.79. The molecule has 0 atom stereocenters. The van der Waals surface area contributed by atoms with Crippen LogP contribution in [0.1, 0.15) is 21.6 Å². The summed E-state index contributed by atoms with van der Waals surface area (Å²) < 4.78 is 0. The first-order chi connectivity index (χ1) is 8.74. The van der Waals surface area contributed by atoms with Crippen molar-refractivity contribution in [2.45, 2.75) is 13.0 Å². The molecule has 0 saturated heterocycles. The molecule has 0 radical (unpaired) electrons. The lowest BCUT2D eigenvalue weighted by molar-refractivity contribution is 0.0734. The van der Waals surface area contributed by atoms with Crippen LogP contribution >= 0.6 is 11.6 Å². The van der Waals surface area contributed by atoms with Gasteiger partial charge in [-0.15, -0.1) is 0 Å². The van der Waals surface area contributed by atoms with E-state index < -0.39 is 0 Å². The van der Waals surface area contributed by atoms with E-state index in [1.165, 1.54) is 0 Å². The number of hydrogen-bond acceptors (Lipinski definition) is 2. The van der Waals surface area contributed by atoms with Crippen molar-refractivity contribution in [1.29, 1.82) is 0 Å². The summed E-state index contributed by atoms with van der Waals surface area (Å²) in [6.07, 6.45) is 2.62. The van der Waals surface area contributed by atoms with Crippen molar-refractivity contribution in [3.05, 3.63) is 52.3 Å². The van der Waals surface area contributed by atoms with Crippen molar-refractivity contribution in [3.63, 3.8) is 0 Å². The Morgan fingerprint density at radius 1 is 1.33 bits per heavy atom. The molecule has 0 aliphatic carbocycles. The third-order valence-electron chi connectivity index (χ3n) is 3.18. The Labute approximate surface area is 110 Å². The van der Waals surface area contributed by atoms with Crippen LogP contribution in [0.5, 0.6) is 0 Å². The zero-order valence-electron chi connectivity index (χ0n) is 9.69. The van der Waals surface area contributed by atoms with Crippen molar-refractivity contribution >= 4 is 17.5 Å². The van der Waals surface area contributed by atoms with E-state index in [0.717, 1.165) is 24.2 Å². The minimum Gasteiger partial charge on any atom is -0.334 e. The molecule has 92 valence electrons. The van der Waals surface area contributed by atoms with Crippen molar-refractivity contribution in [2.24, 2.45) is 0 Å². The molecular formula is C13H12ClN3O. The molecule has 5 heteroatoms. The summed E-state index contributed by atoms with van der Waals surface area (Å²) in [4.78, 5) is 14.1. The molecule has 3 rings (SSSR count). The molecule has 0 fully saturated rings. The first-order valence-electron chi connectivity index (χ1n) is 5.80. The Morgan fingerprint density at radius 3 is 2.89 bits per heavy atom. The van der Waals surface area contributed by atoms with Gasteiger partial charge >= 0.3 is 0 Å². The van der Waals surface area contributed by atoms with Crippen LogP contribution in [0, 0.1) is 0 Å². The molecular weight excluding hydrogens is 250 g/mol. The molecule has 1 N–H and O–H groups in total. The van der Waals surface area contributed by atoms with E-state index in [2.05, 4.69) is 10.2 Å². The molecule has 0 bridgehead atoms. The fourth-order valence-corrected chi connectivity index (χ4v) is 2.30. The summed E-state index contributed by atoms with van der Waals surface area (Å²) in [7, 11) is 0. The number of carbonyl (C=O) groups excluding carboxylic acids is 1. The number of nitrogens with one attached hydrogen (secondary N) is 1. The highest BCUT2D eigenvalue weighted by atomic mass is 35.5. The van der Waals surface area contributed by atoms with Crippen LogP contribution < -0.4 is 0 Å². The van der Waals surface area contributed by atoms with Gasteiger partial charge in [-0.25, -0.2) is 0 Å². The van der Waals surface area contributed by atoms with Gasteiger partial charge in [0.05, 0.1) is 6.20 Å². The normalized spacial score (nSPS) is 14.4. The van der Waals surface area contributed by atoms with Crippen LogP contribution in [0.2, 0.25) is 5.02 Å². The number of aromatic amines is 1. The second-order valence-electron chi connectivity index (χ2n) is 4.36. The number of hydrogen-bond donors (Lipinski definition) is 1. The minimum absolute atomic E-state index is 0.0403. The third kappa shape index (κ3) is 1.99. The van der Waals surface area contributed by atoms with Crippen molar-refractivity contribution in [3.8, 4) is 0 Å². The van der Waals surface area contributed by atoms with Crippen LogP contribution in [0.4, 0.5) is 0 Å². The highest BCUT2D eigenvalue weighted by Crippen LogP contribution is 2.19. The average molecular weight is 262 g/mol. The van der Waals surface area contributed by atoms with Gasteiger partial charge in [-0.2, -0.15) is 5.10 Å². The Hall–Kier alpha value is -1.81. The van der Waals surface area contributed by atoms with E-state index in [1.54, 1.807) is 30.5 Å². The lowest BCUT2D eigenvalue weighted by atomic mass is 10.1. The summed E-state index contributed by atoms with van der Waals surface area (Å²) in [5, 5.41) is 7.60. The fraction of sp³-hybridized carbons (Fsp3) is 0.231. The van der Waals surface area contributed by atoms with E-state index in [9.17, 15) is 4.79 Å². The Balaban J connectivity index is 1.80. The predicted octanol–water partition coefficient (Wildman–Crippen LogP) is 2.26. The molecule has 1 amide bonds. The monoisotopic (exact) mass is 261 g/mol. The Bertz CT molecular complexity index is 576. The first-order valence-corrected chi connectivity index (χ1v) is 6.18. The molecule has 2 aromatic rings. The first kappa shape index (κ1) is 11.3. The Kier molecular flexibility index (Phi) is 2.80. The quantitative estimate of drug-likeness (QED) is 0.856. The van der Waals surface area contributed by atoms with Crippen LogP contribution in [-0.4, -0.2) is 27.5 Å². The molecule has 2 heterocycles. The summed E-state index contributed by atoms with van der Waals surface area (Å²) in [5.41, 5.74) is 2.91. The molecule has 0 unspecified atom stereocenters. The highest BCUT2D eigenvalue weighted by Gasteiger charge is 2.22. The standard InChI is InChI=1S/C13H12ClN3O/c14-11-3-1-9(2-4-11)13(18)17-6-5-12-10(8-17)7-15-16-12/h1-4,7H,5-6,8H2,(H,15,16). The molecule has 1 aliphatic rings. The van der Waals surface area contributed by atoms with Crippen LogP contribution in [0.15, 0.2) is 30.5 Å². The van der Waals surface area contributed by atoms with Crippen LogP contribution in [-0.2, 0) is 13.0 Å². The largest absolute Gasteiger partial charge is 0.334 e. The third-order valence-corrected chi connectivity index (χ3v) is 3.43. The molecule has 1 aliphatic heterocycles. The number of amides is 1. The Morgan fingerprint density at radius 2 is 2.11 bits per heavy atom. The molecule has 1 aromatic heterocycles. The lowest BCUT2D eigenvalue weighted by Gasteiger charge is -2.26. The van der Waals surface area contributed by atoms with Crippen LogP contribution in [0.3, 0.4) is 0 Å². The lowest BCUT2D eigenvalue weighted by Crippen LogP contribution is -2.35. The zero-order chi connectivity index (χ0) is 12.5. The number of aromatic nitrogens is 2. The zero-order valence-corrected chi connectivity index (χ0v) is 10.4. The predicted molar refractivity (Wildman–Crippen MR) is 68.5 cm³/mol. The van der Waals surface area contributed by atoms with E-state index in [0.29, 0.717) is 17.1 Å². The van der Waals surface area contributed by atoms with Gasteiger partial charge in [0, 0.05) is 41.4 Å². The molecule has 1 aromatic carbocycles. The molecule has 4 nitrogen and oxygen atoms in total. The van der Waals surface area contributed by atoms with Gasteiger partial charge in [-0.1, -0.05) is 11.6 Å². The van der Waals surface area contributed by atoms with Gasteiger partial charge < -0.3 is 4.90 Å². The van der Waals surface area contributed by atoms with Gasteiger partial charge in [-0.05, 0) is 24.3 Å². The van der Waals surface area contributed by atoms with Gasteiger partial charge in [0.15, 0.2) is 0 Å². The van der Waals surface area contributed by atoms with Gasteiger partial charge in [0.2, 0.25) is 0 Å². The van der Waals surface area contributed by atoms with Crippen LogP contribution in [0.25, 0.3) is 0 Å². The number of halogens is 1. The number of H-pyrrole nitrogens is 1. The van der Waals surface area contributed by atoms with Crippen molar-refractivity contribution < 1.29 is 4.79 Å². The highest BCUT2D eigenvalue weighted by molar-refractivity contribution is 6.30. The van der Waals surface area contributed by atoms with E-state index in [1.807, 2.05) is 4.90 Å². The number of carbonyl (C=O) groups is 1. The van der Waals surface area contributed by atoms with Gasteiger partial charge in [0.1, 0.15) is 0 Å². The fourth-order valence-electron chi connectivity index (χ4n) is 2.17. The second kappa shape index (κ2) is 4.46.